The molecule has 0 unspecified atom stereocenters. The lowest BCUT2D eigenvalue weighted by Gasteiger charge is -2.34. The Hall–Kier alpha value is -1.14. The molecular formula is C18H25Cl2N3OS. The third kappa shape index (κ3) is 5.17. The molecule has 0 saturated carbocycles. The Balaban J connectivity index is 0.00000156. The molecule has 0 bridgehead atoms. The number of benzene rings is 1. The number of thiazole rings is 1. The van der Waals surface area contributed by atoms with Crippen molar-refractivity contribution in [3.63, 3.8) is 0 Å². The minimum Gasteiger partial charge on any atom is -0.337 e. The number of amides is 1. The second-order valence-electron chi connectivity index (χ2n) is 6.19. The highest BCUT2D eigenvalue weighted by atomic mass is 35.5. The van der Waals surface area contributed by atoms with Gasteiger partial charge in [-0.3, -0.25) is 4.79 Å². The molecule has 3 rings (SSSR count). The van der Waals surface area contributed by atoms with Crippen molar-refractivity contribution in [3.05, 3.63) is 39.7 Å². The van der Waals surface area contributed by atoms with Gasteiger partial charge < -0.3 is 10.2 Å². The van der Waals surface area contributed by atoms with Gasteiger partial charge in [0, 0.05) is 36.1 Å². The molecule has 25 heavy (non-hydrogen) atoms. The Morgan fingerprint density at radius 3 is 2.60 bits per heavy atom. The number of hydrogen-bond acceptors (Lipinski definition) is 4. The lowest BCUT2D eigenvalue weighted by Crippen LogP contribution is -2.52. The lowest BCUT2D eigenvalue weighted by atomic mass is 10.1. The fourth-order valence-electron chi connectivity index (χ4n) is 2.98. The molecule has 1 aromatic heterocycles. The number of aryl methyl sites for hydroxylation is 2. The topological polar surface area (TPSA) is 45.2 Å². The highest BCUT2D eigenvalue weighted by molar-refractivity contribution is 7.12. The summed E-state index contributed by atoms with van der Waals surface area (Å²) in [6.07, 6.45) is 0.444. The number of nitrogens with zero attached hydrogens (tertiary/aromatic N) is 2. The van der Waals surface area contributed by atoms with Crippen LogP contribution in [0.4, 0.5) is 0 Å². The van der Waals surface area contributed by atoms with E-state index < -0.39 is 0 Å². The van der Waals surface area contributed by atoms with Crippen LogP contribution in [0.1, 0.15) is 22.4 Å². The first-order valence-corrected chi connectivity index (χ1v) is 8.90. The zero-order valence-corrected chi connectivity index (χ0v) is 17.2. The molecule has 1 aliphatic rings. The van der Waals surface area contributed by atoms with Crippen molar-refractivity contribution in [1.82, 2.24) is 15.2 Å². The van der Waals surface area contributed by atoms with Gasteiger partial charge in [0.05, 0.1) is 17.1 Å². The number of hydrogen-bond donors (Lipinski definition) is 1. The van der Waals surface area contributed by atoms with Gasteiger partial charge in [-0.25, -0.2) is 4.98 Å². The average Bonchev–Trinajstić information content (AvgIpc) is 2.89. The summed E-state index contributed by atoms with van der Waals surface area (Å²) in [5, 5.41) is 4.34. The molecule has 1 aromatic carbocycles. The van der Waals surface area contributed by atoms with Crippen LogP contribution in [0.2, 0.25) is 0 Å². The van der Waals surface area contributed by atoms with E-state index in [0.717, 1.165) is 40.8 Å². The fraction of sp³-hybridized carbons (Fsp3) is 0.444. The van der Waals surface area contributed by atoms with Gasteiger partial charge >= 0.3 is 0 Å². The molecule has 1 atom stereocenters. The van der Waals surface area contributed by atoms with Gasteiger partial charge in [0.1, 0.15) is 0 Å². The van der Waals surface area contributed by atoms with Crippen molar-refractivity contribution < 1.29 is 4.79 Å². The number of carbonyl (C=O) groups is 1. The maximum absolute atomic E-state index is 12.7. The zero-order valence-electron chi connectivity index (χ0n) is 14.7. The monoisotopic (exact) mass is 401 g/mol. The van der Waals surface area contributed by atoms with Crippen molar-refractivity contribution in [3.8, 4) is 11.3 Å². The quantitative estimate of drug-likeness (QED) is 0.853. The van der Waals surface area contributed by atoms with Crippen LogP contribution < -0.4 is 5.32 Å². The molecule has 2 heterocycles. The van der Waals surface area contributed by atoms with Gasteiger partial charge in [0.25, 0.3) is 0 Å². The van der Waals surface area contributed by atoms with Gasteiger partial charge in [-0.15, -0.1) is 36.2 Å². The van der Waals surface area contributed by atoms with Crippen LogP contribution in [0.3, 0.4) is 0 Å². The highest BCUT2D eigenvalue weighted by Gasteiger charge is 2.24. The highest BCUT2D eigenvalue weighted by Crippen LogP contribution is 2.29. The number of piperazine rings is 1. The summed E-state index contributed by atoms with van der Waals surface area (Å²) in [7, 11) is 0. The summed E-state index contributed by atoms with van der Waals surface area (Å²) in [6, 6.07) is 8.62. The smallest absolute Gasteiger partial charge is 0.228 e. The van der Waals surface area contributed by atoms with E-state index in [1.165, 1.54) is 5.56 Å². The molecule has 1 saturated heterocycles. The molecule has 1 N–H and O–H groups in total. The molecule has 1 amide bonds. The summed E-state index contributed by atoms with van der Waals surface area (Å²) in [5.41, 5.74) is 3.28. The fourth-order valence-corrected chi connectivity index (χ4v) is 3.93. The Morgan fingerprint density at radius 1 is 1.28 bits per heavy atom. The van der Waals surface area contributed by atoms with Crippen LogP contribution in [0.15, 0.2) is 24.3 Å². The van der Waals surface area contributed by atoms with E-state index in [0.29, 0.717) is 6.42 Å². The van der Waals surface area contributed by atoms with E-state index in [-0.39, 0.29) is 36.8 Å². The third-order valence-corrected chi connectivity index (χ3v) is 5.23. The standard InChI is InChI=1S/C18H23N3OS.2ClH/c1-12-4-6-15(7-5-12)18-16(23-14(3)20-18)10-17(22)21-9-8-19-11-13(21)2;;/h4-7,13,19H,8-11H2,1-3H3;2*1H/t13-;;/m0../s1. The van der Waals surface area contributed by atoms with Crippen molar-refractivity contribution in [2.24, 2.45) is 0 Å². The Morgan fingerprint density at radius 2 is 1.96 bits per heavy atom. The van der Waals surface area contributed by atoms with Gasteiger partial charge in [-0.05, 0) is 20.8 Å². The SMILES string of the molecule is Cc1ccc(-c2nc(C)sc2CC(=O)N2CCNC[C@@H]2C)cc1.Cl.Cl. The van der Waals surface area contributed by atoms with E-state index in [4.69, 9.17) is 0 Å². The predicted molar refractivity (Wildman–Crippen MR) is 109 cm³/mol. The minimum absolute atomic E-state index is 0. The molecule has 0 radical (unpaired) electrons. The summed E-state index contributed by atoms with van der Waals surface area (Å²) in [5.74, 6) is 0.205. The van der Waals surface area contributed by atoms with Crippen molar-refractivity contribution in [1.29, 1.82) is 0 Å². The first-order chi connectivity index (χ1) is 11.0. The lowest BCUT2D eigenvalue weighted by molar-refractivity contribution is -0.133. The Kier molecular flexibility index (Phi) is 8.35. The largest absolute Gasteiger partial charge is 0.337 e. The van der Waals surface area contributed by atoms with Crippen molar-refractivity contribution >= 4 is 42.1 Å². The maximum atomic E-state index is 12.7. The third-order valence-electron chi connectivity index (χ3n) is 4.26. The van der Waals surface area contributed by atoms with E-state index >= 15 is 0 Å². The van der Waals surface area contributed by atoms with Crippen LogP contribution >= 0.6 is 36.2 Å². The Bertz CT molecular complexity index is 703. The van der Waals surface area contributed by atoms with Crippen molar-refractivity contribution in [2.75, 3.05) is 19.6 Å². The van der Waals surface area contributed by atoms with Crippen LogP contribution in [-0.2, 0) is 11.2 Å². The second kappa shape index (κ2) is 9.53. The van der Waals surface area contributed by atoms with E-state index in [1.807, 2.05) is 11.8 Å². The molecule has 7 heteroatoms. The van der Waals surface area contributed by atoms with E-state index in [9.17, 15) is 4.79 Å². The summed E-state index contributed by atoms with van der Waals surface area (Å²) < 4.78 is 0. The average molecular weight is 402 g/mol. The normalized spacial score (nSPS) is 16.8. The van der Waals surface area contributed by atoms with E-state index in [2.05, 4.69) is 48.4 Å². The summed E-state index contributed by atoms with van der Waals surface area (Å²) in [6.45, 7) is 8.72. The van der Waals surface area contributed by atoms with Gasteiger partial charge in [0.2, 0.25) is 5.91 Å². The first-order valence-electron chi connectivity index (χ1n) is 8.08. The number of aromatic nitrogens is 1. The van der Waals surface area contributed by atoms with Gasteiger partial charge in [-0.1, -0.05) is 29.8 Å². The molecule has 2 aromatic rings. The molecule has 4 nitrogen and oxygen atoms in total. The molecule has 1 fully saturated rings. The predicted octanol–water partition coefficient (Wildman–Crippen LogP) is 3.63. The molecule has 1 aliphatic heterocycles. The second-order valence-corrected chi connectivity index (χ2v) is 7.48. The number of rotatable bonds is 3. The molecule has 0 aliphatic carbocycles. The zero-order chi connectivity index (χ0) is 16.4. The Labute approximate surface area is 165 Å². The van der Waals surface area contributed by atoms with Crippen molar-refractivity contribution in [2.45, 2.75) is 33.2 Å². The molecule has 0 spiro atoms. The van der Waals surface area contributed by atoms with Gasteiger partial charge in [-0.2, -0.15) is 0 Å². The number of halogens is 2. The summed E-state index contributed by atoms with van der Waals surface area (Å²) in [4.78, 5) is 20.4. The van der Waals surface area contributed by atoms with Crippen LogP contribution in [0.25, 0.3) is 11.3 Å². The van der Waals surface area contributed by atoms with Crippen LogP contribution in [0, 0.1) is 13.8 Å². The van der Waals surface area contributed by atoms with Gasteiger partial charge in [0.15, 0.2) is 0 Å². The van der Waals surface area contributed by atoms with Crippen LogP contribution in [0.5, 0.6) is 0 Å². The first kappa shape index (κ1) is 21.9. The van der Waals surface area contributed by atoms with Crippen LogP contribution in [-0.4, -0.2) is 41.5 Å². The molecular weight excluding hydrogens is 377 g/mol. The number of carbonyl (C=O) groups excluding carboxylic acids is 1. The maximum Gasteiger partial charge on any atom is 0.228 e. The number of nitrogens with one attached hydrogen (secondary N) is 1. The minimum atomic E-state index is 0. The molecule has 138 valence electrons. The van der Waals surface area contributed by atoms with E-state index in [1.54, 1.807) is 11.3 Å². The summed E-state index contributed by atoms with van der Waals surface area (Å²) >= 11 is 1.63.